The topological polar surface area (TPSA) is 37.3 Å². The van der Waals surface area contributed by atoms with Crippen molar-refractivity contribution >= 4 is 17.6 Å². The third-order valence-electron chi connectivity index (χ3n) is 1.88. The molecule has 0 spiro atoms. The SMILES string of the molecule is C/C(=C\CCCCCCCl)C(=O)O. The minimum absolute atomic E-state index is 0.442. The Hall–Kier alpha value is -0.500. The number of allylic oxidation sites excluding steroid dienone is 1. The molecular weight excluding hydrogens is 188 g/mol. The second kappa shape index (κ2) is 8.11. The van der Waals surface area contributed by atoms with E-state index in [-0.39, 0.29) is 0 Å². The second-order valence-corrected chi connectivity index (χ2v) is 3.46. The van der Waals surface area contributed by atoms with Crippen LogP contribution in [-0.4, -0.2) is 17.0 Å². The fourth-order valence-electron chi connectivity index (χ4n) is 0.998. The number of alkyl halides is 1. The van der Waals surface area contributed by atoms with Crippen LogP contribution in [-0.2, 0) is 4.79 Å². The Bertz CT molecular complexity index is 176. The van der Waals surface area contributed by atoms with E-state index in [0.29, 0.717) is 5.57 Å². The monoisotopic (exact) mass is 204 g/mol. The van der Waals surface area contributed by atoms with Crippen LogP contribution in [0.2, 0.25) is 0 Å². The third-order valence-corrected chi connectivity index (χ3v) is 2.14. The molecular formula is C10H17ClO2. The summed E-state index contributed by atoms with van der Waals surface area (Å²) >= 11 is 5.52. The van der Waals surface area contributed by atoms with E-state index in [1.165, 1.54) is 0 Å². The van der Waals surface area contributed by atoms with E-state index in [0.717, 1.165) is 38.0 Å². The highest BCUT2D eigenvalue weighted by atomic mass is 35.5. The van der Waals surface area contributed by atoms with Crippen LogP contribution >= 0.6 is 11.6 Å². The van der Waals surface area contributed by atoms with E-state index < -0.39 is 5.97 Å². The largest absolute Gasteiger partial charge is 0.478 e. The molecule has 0 aliphatic rings. The molecule has 0 aliphatic heterocycles. The van der Waals surface area contributed by atoms with Gasteiger partial charge in [-0.2, -0.15) is 0 Å². The molecule has 0 atom stereocenters. The number of carbonyl (C=O) groups is 1. The number of hydrogen-bond donors (Lipinski definition) is 1. The predicted molar refractivity (Wildman–Crippen MR) is 55.2 cm³/mol. The van der Waals surface area contributed by atoms with Crippen LogP contribution in [0.3, 0.4) is 0 Å². The maximum atomic E-state index is 10.4. The van der Waals surface area contributed by atoms with Crippen LogP contribution < -0.4 is 0 Å². The first-order chi connectivity index (χ1) is 6.18. The fraction of sp³-hybridized carbons (Fsp3) is 0.700. The van der Waals surface area contributed by atoms with Crippen LogP contribution in [0.25, 0.3) is 0 Å². The summed E-state index contributed by atoms with van der Waals surface area (Å²) in [6.07, 6.45) is 7.04. The molecule has 0 amide bonds. The molecule has 0 fully saturated rings. The zero-order valence-electron chi connectivity index (χ0n) is 8.05. The lowest BCUT2D eigenvalue weighted by Crippen LogP contribution is -1.95. The number of carboxylic acids is 1. The van der Waals surface area contributed by atoms with Gasteiger partial charge in [0.2, 0.25) is 0 Å². The summed E-state index contributed by atoms with van der Waals surface area (Å²) in [6, 6.07) is 0. The number of carboxylic acid groups (broad SMARTS) is 1. The van der Waals surface area contributed by atoms with Crippen molar-refractivity contribution in [1.82, 2.24) is 0 Å². The summed E-state index contributed by atoms with van der Waals surface area (Å²) in [4.78, 5) is 10.4. The first kappa shape index (κ1) is 12.5. The van der Waals surface area contributed by atoms with Crippen LogP contribution in [0.4, 0.5) is 0 Å². The Balaban J connectivity index is 3.34. The molecule has 0 bridgehead atoms. The average molecular weight is 205 g/mol. The third kappa shape index (κ3) is 7.85. The van der Waals surface area contributed by atoms with Gasteiger partial charge in [0.05, 0.1) is 0 Å². The molecule has 0 aromatic heterocycles. The molecule has 0 radical (unpaired) electrons. The quantitative estimate of drug-likeness (QED) is 0.393. The molecule has 0 unspecified atom stereocenters. The Morgan fingerprint density at radius 2 is 1.92 bits per heavy atom. The molecule has 0 aromatic rings. The van der Waals surface area contributed by atoms with Gasteiger partial charge in [-0.1, -0.05) is 18.9 Å². The normalized spacial score (nSPS) is 11.7. The van der Waals surface area contributed by atoms with E-state index in [1.54, 1.807) is 13.0 Å². The van der Waals surface area contributed by atoms with Crippen molar-refractivity contribution in [2.24, 2.45) is 0 Å². The molecule has 76 valence electrons. The number of rotatable bonds is 7. The minimum atomic E-state index is -0.819. The van der Waals surface area contributed by atoms with Crippen LogP contribution in [0.15, 0.2) is 11.6 Å². The lowest BCUT2D eigenvalue weighted by atomic mass is 10.1. The van der Waals surface area contributed by atoms with Crippen LogP contribution in [0, 0.1) is 0 Å². The smallest absolute Gasteiger partial charge is 0.330 e. The van der Waals surface area contributed by atoms with Crippen LogP contribution in [0.5, 0.6) is 0 Å². The van der Waals surface area contributed by atoms with E-state index in [9.17, 15) is 4.79 Å². The molecule has 0 aliphatic carbocycles. The molecule has 1 N–H and O–H groups in total. The highest BCUT2D eigenvalue weighted by Crippen LogP contribution is 2.06. The van der Waals surface area contributed by atoms with Gasteiger partial charge in [-0.05, 0) is 26.2 Å². The lowest BCUT2D eigenvalue weighted by Gasteiger charge is -1.96. The zero-order chi connectivity index (χ0) is 10.1. The number of aliphatic carboxylic acids is 1. The molecule has 0 saturated heterocycles. The van der Waals surface area contributed by atoms with E-state index in [1.807, 2.05) is 0 Å². The minimum Gasteiger partial charge on any atom is -0.478 e. The van der Waals surface area contributed by atoms with Crippen molar-refractivity contribution in [3.8, 4) is 0 Å². The van der Waals surface area contributed by atoms with Crippen molar-refractivity contribution in [3.63, 3.8) is 0 Å². The van der Waals surface area contributed by atoms with Crippen molar-refractivity contribution in [2.75, 3.05) is 5.88 Å². The standard InChI is InChI=1S/C10H17ClO2/c1-9(10(12)13)7-5-3-2-4-6-8-11/h7H,2-6,8H2,1H3,(H,12,13)/b9-7+. The van der Waals surface area contributed by atoms with Gasteiger partial charge in [0, 0.05) is 11.5 Å². The Morgan fingerprint density at radius 3 is 2.46 bits per heavy atom. The summed E-state index contributed by atoms with van der Waals surface area (Å²) in [5.41, 5.74) is 0.442. The molecule has 2 nitrogen and oxygen atoms in total. The number of unbranched alkanes of at least 4 members (excludes halogenated alkanes) is 4. The first-order valence-electron chi connectivity index (χ1n) is 4.64. The van der Waals surface area contributed by atoms with Gasteiger partial charge in [0.1, 0.15) is 0 Å². The summed E-state index contributed by atoms with van der Waals surface area (Å²) in [7, 11) is 0. The summed E-state index contributed by atoms with van der Waals surface area (Å²) in [5, 5.41) is 8.54. The van der Waals surface area contributed by atoms with Crippen molar-refractivity contribution in [2.45, 2.75) is 39.0 Å². The number of hydrogen-bond acceptors (Lipinski definition) is 1. The van der Waals surface area contributed by atoms with Gasteiger partial charge in [-0.15, -0.1) is 11.6 Å². The first-order valence-corrected chi connectivity index (χ1v) is 5.18. The maximum Gasteiger partial charge on any atom is 0.330 e. The Morgan fingerprint density at radius 1 is 1.31 bits per heavy atom. The van der Waals surface area contributed by atoms with E-state index >= 15 is 0 Å². The molecule has 13 heavy (non-hydrogen) atoms. The highest BCUT2D eigenvalue weighted by Gasteiger charge is 1.97. The van der Waals surface area contributed by atoms with Crippen molar-refractivity contribution in [1.29, 1.82) is 0 Å². The van der Waals surface area contributed by atoms with Crippen molar-refractivity contribution in [3.05, 3.63) is 11.6 Å². The number of halogens is 1. The average Bonchev–Trinajstić information content (AvgIpc) is 2.10. The fourth-order valence-corrected chi connectivity index (χ4v) is 1.19. The van der Waals surface area contributed by atoms with Crippen molar-refractivity contribution < 1.29 is 9.90 Å². The molecule has 3 heteroatoms. The lowest BCUT2D eigenvalue weighted by molar-refractivity contribution is -0.132. The zero-order valence-corrected chi connectivity index (χ0v) is 8.81. The van der Waals surface area contributed by atoms with Gasteiger partial charge in [0.15, 0.2) is 0 Å². The summed E-state index contributed by atoms with van der Waals surface area (Å²) < 4.78 is 0. The predicted octanol–water partition coefficient (Wildman–Crippen LogP) is 3.21. The molecule has 0 heterocycles. The van der Waals surface area contributed by atoms with Gasteiger partial charge < -0.3 is 5.11 Å². The van der Waals surface area contributed by atoms with E-state index in [4.69, 9.17) is 16.7 Å². The molecule has 0 saturated carbocycles. The summed E-state index contributed by atoms with van der Waals surface area (Å²) in [5.74, 6) is -0.0926. The van der Waals surface area contributed by atoms with Gasteiger partial charge in [0.25, 0.3) is 0 Å². The highest BCUT2D eigenvalue weighted by molar-refractivity contribution is 6.17. The molecule has 0 rings (SSSR count). The molecule has 0 aromatic carbocycles. The van der Waals surface area contributed by atoms with Gasteiger partial charge in [-0.25, -0.2) is 4.79 Å². The second-order valence-electron chi connectivity index (χ2n) is 3.08. The van der Waals surface area contributed by atoms with Gasteiger partial charge >= 0.3 is 5.97 Å². The Kier molecular flexibility index (Phi) is 7.80. The van der Waals surface area contributed by atoms with Crippen LogP contribution in [0.1, 0.15) is 39.0 Å². The van der Waals surface area contributed by atoms with Gasteiger partial charge in [-0.3, -0.25) is 0 Å². The van der Waals surface area contributed by atoms with E-state index in [2.05, 4.69) is 0 Å². The maximum absolute atomic E-state index is 10.4. The summed E-state index contributed by atoms with van der Waals surface area (Å²) in [6.45, 7) is 1.63. The Labute approximate surface area is 84.6 Å².